The Bertz CT molecular complexity index is 469. The second-order valence-electron chi connectivity index (χ2n) is 2.95. The van der Waals surface area contributed by atoms with E-state index in [1.165, 1.54) is 0 Å². The molecule has 13 heavy (non-hydrogen) atoms. The Labute approximate surface area is 75.5 Å². The second kappa shape index (κ2) is 2.58. The van der Waals surface area contributed by atoms with Crippen LogP contribution in [-0.4, -0.2) is 15.2 Å². The van der Waals surface area contributed by atoms with Gasteiger partial charge in [0, 0.05) is 18.6 Å². The summed E-state index contributed by atoms with van der Waals surface area (Å²) in [7, 11) is 0. The molecule has 0 aromatic carbocycles. The highest BCUT2D eigenvalue weighted by Crippen LogP contribution is 2.14. The van der Waals surface area contributed by atoms with E-state index in [1.54, 1.807) is 6.20 Å². The maximum Gasteiger partial charge on any atom is 0.147 e. The fourth-order valence-corrected chi connectivity index (χ4v) is 1.46. The maximum absolute atomic E-state index is 7.40. The van der Waals surface area contributed by atoms with Crippen molar-refractivity contribution in [2.75, 3.05) is 0 Å². The summed E-state index contributed by atoms with van der Waals surface area (Å²) in [5.74, 6) is 0.0682. The Morgan fingerprint density at radius 2 is 2.38 bits per heavy atom. The van der Waals surface area contributed by atoms with E-state index in [-0.39, 0.29) is 5.84 Å². The third-order valence-corrected chi connectivity index (χ3v) is 1.99. The van der Waals surface area contributed by atoms with E-state index < -0.39 is 0 Å². The lowest BCUT2D eigenvalue weighted by Crippen LogP contribution is -2.12. The number of nitrogens with one attached hydrogen (secondary N) is 1. The van der Waals surface area contributed by atoms with Crippen LogP contribution in [0.4, 0.5) is 0 Å². The monoisotopic (exact) mass is 174 g/mol. The smallest absolute Gasteiger partial charge is 0.147 e. The molecule has 2 aromatic rings. The first-order chi connectivity index (χ1) is 6.20. The van der Waals surface area contributed by atoms with E-state index in [9.17, 15) is 0 Å². The van der Waals surface area contributed by atoms with Crippen LogP contribution in [-0.2, 0) is 0 Å². The van der Waals surface area contributed by atoms with E-state index in [4.69, 9.17) is 11.1 Å². The van der Waals surface area contributed by atoms with Crippen LogP contribution in [0.25, 0.3) is 5.65 Å². The summed E-state index contributed by atoms with van der Waals surface area (Å²) in [4.78, 5) is 4.17. The number of hydrogen-bond donors (Lipinski definition) is 2. The van der Waals surface area contributed by atoms with E-state index >= 15 is 0 Å². The van der Waals surface area contributed by atoms with Crippen molar-refractivity contribution >= 4 is 11.5 Å². The predicted octanol–water partition coefficient (Wildman–Crippen LogP) is 0.927. The average Bonchev–Trinajstić information content (AvgIpc) is 2.39. The van der Waals surface area contributed by atoms with E-state index in [2.05, 4.69) is 4.98 Å². The van der Waals surface area contributed by atoms with E-state index in [1.807, 2.05) is 29.8 Å². The number of fused-ring (bicyclic) bond motifs is 1. The highest BCUT2D eigenvalue weighted by Gasteiger charge is 2.09. The molecule has 0 unspecified atom stereocenters. The summed E-state index contributed by atoms with van der Waals surface area (Å²) < 4.78 is 1.87. The molecule has 0 saturated carbocycles. The summed E-state index contributed by atoms with van der Waals surface area (Å²) in [5, 5.41) is 7.40. The van der Waals surface area contributed by atoms with Crippen LogP contribution in [0.5, 0.6) is 0 Å². The second-order valence-corrected chi connectivity index (χ2v) is 2.95. The molecule has 3 N–H and O–H groups in total. The fraction of sp³-hybridized carbons (Fsp3) is 0.111. The summed E-state index contributed by atoms with van der Waals surface area (Å²) in [6.45, 7) is 1.92. The predicted molar refractivity (Wildman–Crippen MR) is 50.9 cm³/mol. The van der Waals surface area contributed by atoms with Gasteiger partial charge in [-0.3, -0.25) is 5.41 Å². The van der Waals surface area contributed by atoms with E-state index in [0.717, 1.165) is 16.8 Å². The lowest BCUT2D eigenvalue weighted by atomic mass is 10.2. The minimum atomic E-state index is 0.0682. The van der Waals surface area contributed by atoms with Gasteiger partial charge in [0.2, 0.25) is 0 Å². The normalized spacial score (nSPS) is 10.5. The number of aromatic nitrogens is 2. The first-order valence-corrected chi connectivity index (χ1v) is 3.97. The number of nitrogens with two attached hydrogens (primary N) is 1. The molecule has 0 aliphatic carbocycles. The SMILES string of the molecule is Cc1cn2cccnc2c1C(=N)N. The Morgan fingerprint density at radius 1 is 1.62 bits per heavy atom. The Hall–Kier alpha value is -1.84. The molecule has 0 spiro atoms. The van der Waals surface area contributed by atoms with Crippen molar-refractivity contribution in [1.82, 2.24) is 9.38 Å². The molecule has 66 valence electrons. The number of hydrogen-bond acceptors (Lipinski definition) is 2. The van der Waals surface area contributed by atoms with Gasteiger partial charge in [-0.05, 0) is 18.6 Å². The number of nitrogen functional groups attached to an aromatic ring is 1. The molecule has 0 aliphatic rings. The molecular formula is C9H10N4. The minimum Gasteiger partial charge on any atom is -0.384 e. The first kappa shape index (κ1) is 7.79. The maximum atomic E-state index is 7.40. The van der Waals surface area contributed by atoms with Gasteiger partial charge >= 0.3 is 0 Å². The topological polar surface area (TPSA) is 67.2 Å². The highest BCUT2D eigenvalue weighted by molar-refractivity contribution is 6.02. The third-order valence-electron chi connectivity index (χ3n) is 1.99. The Morgan fingerprint density at radius 3 is 3.08 bits per heavy atom. The molecule has 0 saturated heterocycles. The van der Waals surface area contributed by atoms with Gasteiger partial charge in [-0.1, -0.05) is 0 Å². The zero-order valence-electron chi connectivity index (χ0n) is 7.28. The highest BCUT2D eigenvalue weighted by atomic mass is 15.0. The van der Waals surface area contributed by atoms with Crippen molar-refractivity contribution in [3.8, 4) is 0 Å². The molecule has 2 aromatic heterocycles. The van der Waals surface area contributed by atoms with Crippen LogP contribution < -0.4 is 5.73 Å². The van der Waals surface area contributed by atoms with Gasteiger partial charge < -0.3 is 10.1 Å². The standard InChI is InChI=1S/C9H10N4/c1-6-5-13-4-2-3-12-9(13)7(6)8(10)11/h2-5H,1H3,(H3,10,11). The zero-order valence-corrected chi connectivity index (χ0v) is 7.28. The van der Waals surface area contributed by atoms with E-state index in [0.29, 0.717) is 0 Å². The molecule has 0 amide bonds. The van der Waals surface area contributed by atoms with Crippen LogP contribution in [0.2, 0.25) is 0 Å². The lowest BCUT2D eigenvalue weighted by Gasteiger charge is -1.96. The molecule has 4 heteroatoms. The molecule has 0 radical (unpaired) electrons. The number of nitrogens with zero attached hydrogens (tertiary/aromatic N) is 2. The van der Waals surface area contributed by atoms with Crippen LogP contribution in [0.15, 0.2) is 24.7 Å². The lowest BCUT2D eigenvalue weighted by molar-refractivity contribution is 1.13. The molecule has 4 nitrogen and oxygen atoms in total. The van der Waals surface area contributed by atoms with Crippen molar-refractivity contribution in [1.29, 1.82) is 5.41 Å². The van der Waals surface area contributed by atoms with Crippen molar-refractivity contribution in [3.05, 3.63) is 35.8 Å². The van der Waals surface area contributed by atoms with Crippen LogP contribution in [0.1, 0.15) is 11.1 Å². The molecule has 0 fully saturated rings. The minimum absolute atomic E-state index is 0.0682. The van der Waals surface area contributed by atoms with Gasteiger partial charge in [-0.25, -0.2) is 4.98 Å². The summed E-state index contributed by atoms with van der Waals surface area (Å²) in [5.41, 5.74) is 7.90. The van der Waals surface area contributed by atoms with Gasteiger partial charge in [-0.15, -0.1) is 0 Å². The summed E-state index contributed by atoms with van der Waals surface area (Å²) in [6, 6.07) is 1.84. The van der Waals surface area contributed by atoms with Gasteiger partial charge in [-0.2, -0.15) is 0 Å². The van der Waals surface area contributed by atoms with Crippen LogP contribution in [0.3, 0.4) is 0 Å². The Balaban J connectivity index is 2.86. The molecule has 2 heterocycles. The fourth-order valence-electron chi connectivity index (χ4n) is 1.46. The van der Waals surface area contributed by atoms with Crippen molar-refractivity contribution in [3.63, 3.8) is 0 Å². The van der Waals surface area contributed by atoms with Gasteiger partial charge in [0.05, 0.1) is 5.56 Å². The zero-order chi connectivity index (χ0) is 9.42. The van der Waals surface area contributed by atoms with Gasteiger partial charge in [0.1, 0.15) is 11.5 Å². The first-order valence-electron chi connectivity index (χ1n) is 3.97. The largest absolute Gasteiger partial charge is 0.384 e. The van der Waals surface area contributed by atoms with Crippen molar-refractivity contribution in [2.45, 2.75) is 6.92 Å². The summed E-state index contributed by atoms with van der Waals surface area (Å²) in [6.07, 6.45) is 5.50. The molecular weight excluding hydrogens is 164 g/mol. The summed E-state index contributed by atoms with van der Waals surface area (Å²) >= 11 is 0. The van der Waals surface area contributed by atoms with Crippen molar-refractivity contribution in [2.24, 2.45) is 5.73 Å². The molecule has 2 rings (SSSR count). The average molecular weight is 174 g/mol. The van der Waals surface area contributed by atoms with Crippen molar-refractivity contribution < 1.29 is 0 Å². The third kappa shape index (κ3) is 1.07. The van der Waals surface area contributed by atoms with Gasteiger partial charge in [0.25, 0.3) is 0 Å². The number of rotatable bonds is 1. The molecule has 0 bridgehead atoms. The van der Waals surface area contributed by atoms with Gasteiger partial charge in [0.15, 0.2) is 0 Å². The van der Waals surface area contributed by atoms with Crippen LogP contribution in [0, 0.1) is 12.3 Å². The van der Waals surface area contributed by atoms with Crippen LogP contribution >= 0.6 is 0 Å². The molecule has 0 atom stereocenters. The molecule has 0 aliphatic heterocycles. The number of aryl methyl sites for hydroxylation is 1. The number of amidine groups is 1. The Kier molecular flexibility index (Phi) is 1.55. The quantitative estimate of drug-likeness (QED) is 0.498.